The number of nitrogens with one attached hydrogen (secondary N) is 1. The molecule has 1 aromatic heterocycles. The minimum atomic E-state index is -0.671. The minimum Gasteiger partial charge on any atom is -0.353 e. The van der Waals surface area contributed by atoms with Crippen molar-refractivity contribution in [3.63, 3.8) is 0 Å². The van der Waals surface area contributed by atoms with Gasteiger partial charge in [0.2, 0.25) is 5.91 Å². The van der Waals surface area contributed by atoms with E-state index < -0.39 is 6.04 Å². The van der Waals surface area contributed by atoms with E-state index in [1.54, 1.807) is 24.1 Å². The second kappa shape index (κ2) is 4.73. The summed E-state index contributed by atoms with van der Waals surface area (Å²) < 4.78 is 1.60. The summed E-state index contributed by atoms with van der Waals surface area (Å²) >= 11 is 0. The summed E-state index contributed by atoms with van der Waals surface area (Å²) in [6.07, 6.45) is 3.29. The van der Waals surface area contributed by atoms with Crippen molar-refractivity contribution in [3.05, 3.63) is 18.0 Å². The molecule has 0 aliphatic heterocycles. The highest BCUT2D eigenvalue weighted by molar-refractivity contribution is 5.82. The van der Waals surface area contributed by atoms with Gasteiger partial charge in [0.25, 0.3) is 0 Å². The number of hydrogen-bond donors (Lipinski definition) is 3. The molecule has 0 aliphatic carbocycles. The van der Waals surface area contributed by atoms with Crippen LogP contribution in [0.4, 0.5) is 0 Å². The predicted molar refractivity (Wildman–Crippen MR) is 52.2 cm³/mol. The second-order valence-electron chi connectivity index (χ2n) is 3.00. The van der Waals surface area contributed by atoms with Crippen molar-refractivity contribution in [2.45, 2.75) is 6.04 Å². The van der Waals surface area contributed by atoms with E-state index in [4.69, 9.17) is 11.5 Å². The van der Waals surface area contributed by atoms with Crippen LogP contribution in [0.15, 0.2) is 12.4 Å². The molecule has 1 atom stereocenters. The van der Waals surface area contributed by atoms with Gasteiger partial charge in [-0.25, -0.2) is 0 Å². The van der Waals surface area contributed by atoms with Crippen LogP contribution in [0.5, 0.6) is 0 Å². The number of nitrogens with two attached hydrogens (primary N) is 2. The van der Waals surface area contributed by atoms with Gasteiger partial charge in [-0.05, 0) is 0 Å². The number of aryl methyl sites for hydroxylation is 1. The molecule has 0 aliphatic rings. The van der Waals surface area contributed by atoms with Gasteiger partial charge >= 0.3 is 0 Å². The van der Waals surface area contributed by atoms with Crippen LogP contribution in [0.1, 0.15) is 11.6 Å². The monoisotopic (exact) mass is 197 g/mol. The summed E-state index contributed by atoms with van der Waals surface area (Å²) in [5, 5.41) is 6.55. The highest BCUT2D eigenvalue weighted by Gasteiger charge is 2.16. The Morgan fingerprint density at radius 3 is 3.00 bits per heavy atom. The van der Waals surface area contributed by atoms with Gasteiger partial charge in [0.05, 0.1) is 6.20 Å². The Morgan fingerprint density at radius 1 is 1.79 bits per heavy atom. The van der Waals surface area contributed by atoms with Crippen LogP contribution in [-0.2, 0) is 11.8 Å². The van der Waals surface area contributed by atoms with Crippen molar-refractivity contribution >= 4 is 5.91 Å². The van der Waals surface area contributed by atoms with E-state index in [-0.39, 0.29) is 5.91 Å². The summed E-state index contributed by atoms with van der Waals surface area (Å²) in [5.74, 6) is -0.233. The Hall–Kier alpha value is -1.40. The zero-order valence-corrected chi connectivity index (χ0v) is 8.10. The first kappa shape index (κ1) is 10.7. The molecular formula is C8H15N5O. The molecule has 1 unspecified atom stereocenters. The molecule has 0 aromatic carbocycles. The number of carbonyl (C=O) groups excluding carboxylic acids is 1. The number of nitrogens with zero attached hydrogens (tertiary/aromatic N) is 2. The third-order valence-corrected chi connectivity index (χ3v) is 1.81. The molecular weight excluding hydrogens is 182 g/mol. The summed E-state index contributed by atoms with van der Waals surface area (Å²) in [6.45, 7) is 0.846. The molecule has 6 heteroatoms. The van der Waals surface area contributed by atoms with Crippen LogP contribution in [0, 0.1) is 0 Å². The molecule has 6 nitrogen and oxygen atoms in total. The second-order valence-corrected chi connectivity index (χ2v) is 3.00. The topological polar surface area (TPSA) is 99.0 Å². The number of hydrogen-bond acceptors (Lipinski definition) is 4. The van der Waals surface area contributed by atoms with Crippen LogP contribution >= 0.6 is 0 Å². The van der Waals surface area contributed by atoms with Gasteiger partial charge < -0.3 is 16.8 Å². The van der Waals surface area contributed by atoms with Gasteiger partial charge in [-0.15, -0.1) is 0 Å². The first-order chi connectivity index (χ1) is 6.65. The average molecular weight is 197 g/mol. The molecule has 1 heterocycles. The van der Waals surface area contributed by atoms with Gasteiger partial charge in [-0.2, -0.15) is 5.10 Å². The van der Waals surface area contributed by atoms with E-state index in [1.807, 2.05) is 0 Å². The standard InChI is InChI=1S/C8H15N5O/c1-13-5-6(4-12-13)7(10)8(14)11-3-2-9/h4-5,7H,2-3,9-10H2,1H3,(H,11,14). The fourth-order valence-electron chi connectivity index (χ4n) is 1.06. The Labute approximate surface area is 82.3 Å². The minimum absolute atomic E-state index is 0.233. The van der Waals surface area contributed by atoms with Crippen LogP contribution < -0.4 is 16.8 Å². The molecule has 0 fully saturated rings. The third-order valence-electron chi connectivity index (χ3n) is 1.81. The van der Waals surface area contributed by atoms with Gasteiger partial charge in [-0.1, -0.05) is 0 Å². The summed E-state index contributed by atoms with van der Waals surface area (Å²) in [5.41, 5.74) is 11.6. The lowest BCUT2D eigenvalue weighted by Gasteiger charge is -2.09. The molecule has 1 aromatic rings. The smallest absolute Gasteiger partial charge is 0.241 e. The number of carbonyl (C=O) groups is 1. The Bertz CT molecular complexity index is 308. The van der Waals surface area contributed by atoms with Crippen molar-refractivity contribution in [2.24, 2.45) is 18.5 Å². The maximum absolute atomic E-state index is 11.4. The zero-order chi connectivity index (χ0) is 10.6. The van der Waals surface area contributed by atoms with Crippen LogP contribution in [-0.4, -0.2) is 28.8 Å². The summed E-state index contributed by atoms with van der Waals surface area (Å²) in [7, 11) is 1.77. The van der Waals surface area contributed by atoms with Crippen LogP contribution in [0.3, 0.4) is 0 Å². The molecule has 0 saturated heterocycles. The fourth-order valence-corrected chi connectivity index (χ4v) is 1.06. The van der Waals surface area contributed by atoms with E-state index in [1.165, 1.54) is 0 Å². The van der Waals surface area contributed by atoms with Gasteiger partial charge in [0, 0.05) is 31.9 Å². The first-order valence-electron chi connectivity index (χ1n) is 4.37. The highest BCUT2D eigenvalue weighted by Crippen LogP contribution is 2.07. The van der Waals surface area contributed by atoms with Crippen LogP contribution in [0.25, 0.3) is 0 Å². The average Bonchev–Trinajstić information content (AvgIpc) is 2.60. The normalized spacial score (nSPS) is 12.5. The molecule has 0 saturated carbocycles. The zero-order valence-electron chi connectivity index (χ0n) is 8.10. The molecule has 1 amide bonds. The van der Waals surface area contributed by atoms with E-state index >= 15 is 0 Å². The third kappa shape index (κ3) is 2.54. The lowest BCUT2D eigenvalue weighted by atomic mass is 10.1. The van der Waals surface area contributed by atoms with Gasteiger partial charge in [0.1, 0.15) is 6.04 Å². The molecule has 14 heavy (non-hydrogen) atoms. The summed E-state index contributed by atoms with van der Waals surface area (Å²) in [6, 6.07) is -0.671. The van der Waals surface area contributed by atoms with Crippen LogP contribution in [0.2, 0.25) is 0 Å². The highest BCUT2D eigenvalue weighted by atomic mass is 16.2. The van der Waals surface area contributed by atoms with E-state index in [9.17, 15) is 4.79 Å². The van der Waals surface area contributed by atoms with Crippen molar-refractivity contribution in [3.8, 4) is 0 Å². The van der Waals surface area contributed by atoms with E-state index in [2.05, 4.69) is 10.4 Å². The summed E-state index contributed by atoms with van der Waals surface area (Å²) in [4.78, 5) is 11.4. The predicted octanol–water partition coefficient (Wildman–Crippen LogP) is -1.51. The maximum Gasteiger partial charge on any atom is 0.241 e. The van der Waals surface area contributed by atoms with Crippen molar-refractivity contribution in [2.75, 3.05) is 13.1 Å². The van der Waals surface area contributed by atoms with E-state index in [0.29, 0.717) is 18.7 Å². The van der Waals surface area contributed by atoms with Gasteiger partial charge in [-0.3, -0.25) is 9.48 Å². The first-order valence-corrected chi connectivity index (χ1v) is 4.37. The largest absolute Gasteiger partial charge is 0.353 e. The number of amides is 1. The lowest BCUT2D eigenvalue weighted by Crippen LogP contribution is -2.36. The molecule has 0 radical (unpaired) electrons. The van der Waals surface area contributed by atoms with Crippen molar-refractivity contribution in [1.82, 2.24) is 15.1 Å². The van der Waals surface area contributed by atoms with Crippen molar-refractivity contribution in [1.29, 1.82) is 0 Å². The Morgan fingerprint density at radius 2 is 2.50 bits per heavy atom. The lowest BCUT2D eigenvalue weighted by molar-refractivity contribution is -0.122. The Balaban J connectivity index is 2.56. The van der Waals surface area contributed by atoms with Crippen molar-refractivity contribution < 1.29 is 4.79 Å². The molecule has 5 N–H and O–H groups in total. The van der Waals surface area contributed by atoms with E-state index in [0.717, 1.165) is 0 Å². The number of rotatable bonds is 4. The quantitative estimate of drug-likeness (QED) is 0.546. The number of aromatic nitrogens is 2. The molecule has 78 valence electrons. The molecule has 0 spiro atoms. The van der Waals surface area contributed by atoms with Gasteiger partial charge in [0.15, 0.2) is 0 Å². The SMILES string of the molecule is Cn1cc(C(N)C(=O)NCCN)cn1. The molecule has 0 bridgehead atoms. The Kier molecular flexibility index (Phi) is 3.61. The fraction of sp³-hybridized carbons (Fsp3) is 0.500. The molecule has 1 rings (SSSR count). The maximum atomic E-state index is 11.4.